The highest BCUT2D eigenvalue weighted by atomic mass is 16.5. The molecule has 4 rings (SSSR count). The normalized spacial score (nSPS) is 14.0. The average molecular weight is 461 g/mol. The third kappa shape index (κ3) is 5.85. The predicted octanol–water partition coefficient (Wildman–Crippen LogP) is 4.37. The SMILES string of the molecule is CCOc1cc(C(=O)Nc2ccc(N3CCN(C)CC3)c(C)c2)ccc1OCc1cccnc1. The molecule has 0 aliphatic carbocycles. The van der Waals surface area contributed by atoms with Crippen molar-refractivity contribution in [1.82, 2.24) is 9.88 Å². The molecule has 7 nitrogen and oxygen atoms in total. The Bertz CT molecular complexity index is 1110. The summed E-state index contributed by atoms with van der Waals surface area (Å²) in [5, 5.41) is 3.01. The molecule has 0 atom stereocenters. The van der Waals surface area contributed by atoms with E-state index >= 15 is 0 Å². The van der Waals surface area contributed by atoms with Gasteiger partial charge in [-0.15, -0.1) is 0 Å². The van der Waals surface area contributed by atoms with Crippen LogP contribution in [0.3, 0.4) is 0 Å². The number of carbonyl (C=O) groups is 1. The van der Waals surface area contributed by atoms with Crippen LogP contribution >= 0.6 is 0 Å². The summed E-state index contributed by atoms with van der Waals surface area (Å²) in [7, 11) is 2.15. The second kappa shape index (κ2) is 11.0. The number of amides is 1. The standard InChI is InChI=1S/C27H32N4O3/c1-4-33-26-17-22(7-10-25(26)34-19-21-6-5-11-28-18-21)27(32)29-23-8-9-24(20(2)16-23)31-14-12-30(3)13-15-31/h5-11,16-18H,4,12-15,19H2,1-3H3,(H,29,32). The Hall–Kier alpha value is -3.58. The molecule has 0 unspecified atom stereocenters. The summed E-state index contributed by atoms with van der Waals surface area (Å²) in [6, 6.07) is 15.2. The first kappa shape index (κ1) is 23.6. The summed E-state index contributed by atoms with van der Waals surface area (Å²) in [6.45, 7) is 8.98. The lowest BCUT2D eigenvalue weighted by atomic mass is 10.1. The van der Waals surface area contributed by atoms with E-state index in [0.717, 1.165) is 43.0 Å². The Balaban J connectivity index is 1.44. The average Bonchev–Trinajstić information content (AvgIpc) is 2.85. The number of benzene rings is 2. The van der Waals surface area contributed by atoms with E-state index in [1.807, 2.05) is 31.2 Å². The molecule has 1 N–H and O–H groups in total. The van der Waals surface area contributed by atoms with Crippen LogP contribution in [0.25, 0.3) is 0 Å². The first-order valence-electron chi connectivity index (χ1n) is 11.7. The van der Waals surface area contributed by atoms with Gasteiger partial charge in [0.2, 0.25) is 0 Å². The van der Waals surface area contributed by atoms with Crippen LogP contribution < -0.4 is 19.7 Å². The predicted molar refractivity (Wildman–Crippen MR) is 135 cm³/mol. The van der Waals surface area contributed by atoms with Crippen LogP contribution in [0.2, 0.25) is 0 Å². The zero-order valence-electron chi connectivity index (χ0n) is 20.1. The number of aryl methyl sites for hydroxylation is 1. The number of anilines is 2. The summed E-state index contributed by atoms with van der Waals surface area (Å²) in [5.74, 6) is 0.946. The highest BCUT2D eigenvalue weighted by Crippen LogP contribution is 2.30. The number of aromatic nitrogens is 1. The Labute approximate surface area is 201 Å². The molecular formula is C27H32N4O3. The molecule has 7 heteroatoms. The number of hydrogen-bond donors (Lipinski definition) is 1. The Morgan fingerprint density at radius 1 is 1.03 bits per heavy atom. The Morgan fingerprint density at radius 3 is 2.56 bits per heavy atom. The number of ether oxygens (including phenoxy) is 2. The van der Waals surface area contributed by atoms with Gasteiger partial charge in [-0.3, -0.25) is 9.78 Å². The molecule has 0 saturated carbocycles. The van der Waals surface area contributed by atoms with Crippen LogP contribution in [0.15, 0.2) is 60.9 Å². The van der Waals surface area contributed by atoms with E-state index in [4.69, 9.17) is 9.47 Å². The third-order valence-corrected chi connectivity index (χ3v) is 5.92. The molecule has 1 aliphatic heterocycles. The van der Waals surface area contributed by atoms with Crippen molar-refractivity contribution in [3.63, 3.8) is 0 Å². The minimum Gasteiger partial charge on any atom is -0.490 e. The number of nitrogens with zero attached hydrogens (tertiary/aromatic N) is 3. The fraction of sp³-hybridized carbons (Fsp3) is 0.333. The molecule has 1 fully saturated rings. The number of piperazine rings is 1. The van der Waals surface area contributed by atoms with Crippen LogP contribution in [-0.2, 0) is 6.61 Å². The van der Waals surface area contributed by atoms with Crippen LogP contribution in [0, 0.1) is 6.92 Å². The van der Waals surface area contributed by atoms with Crippen molar-refractivity contribution < 1.29 is 14.3 Å². The number of rotatable bonds is 8. The maximum atomic E-state index is 13.0. The van der Waals surface area contributed by atoms with Crippen molar-refractivity contribution in [3.05, 3.63) is 77.6 Å². The van der Waals surface area contributed by atoms with E-state index in [9.17, 15) is 4.79 Å². The van der Waals surface area contributed by atoms with Gasteiger partial charge < -0.3 is 24.6 Å². The monoisotopic (exact) mass is 460 g/mol. The van der Waals surface area contributed by atoms with Crippen molar-refractivity contribution in [3.8, 4) is 11.5 Å². The smallest absolute Gasteiger partial charge is 0.255 e. The lowest BCUT2D eigenvalue weighted by Gasteiger charge is -2.35. The highest BCUT2D eigenvalue weighted by Gasteiger charge is 2.17. The Morgan fingerprint density at radius 2 is 1.85 bits per heavy atom. The minimum absolute atomic E-state index is 0.188. The van der Waals surface area contributed by atoms with E-state index in [2.05, 4.69) is 40.1 Å². The molecule has 2 aromatic carbocycles. The molecule has 1 aromatic heterocycles. The van der Waals surface area contributed by atoms with Gasteiger partial charge in [0.15, 0.2) is 11.5 Å². The molecule has 3 aromatic rings. The summed E-state index contributed by atoms with van der Waals surface area (Å²) in [5.41, 5.74) is 4.62. The van der Waals surface area contributed by atoms with Gasteiger partial charge in [0.1, 0.15) is 6.61 Å². The fourth-order valence-electron chi connectivity index (χ4n) is 4.02. The second-order valence-corrected chi connectivity index (χ2v) is 8.49. The topological polar surface area (TPSA) is 66.9 Å². The molecule has 34 heavy (non-hydrogen) atoms. The van der Waals surface area contributed by atoms with Crippen LogP contribution in [0.4, 0.5) is 11.4 Å². The van der Waals surface area contributed by atoms with E-state index in [-0.39, 0.29) is 5.91 Å². The number of nitrogens with one attached hydrogen (secondary N) is 1. The molecule has 1 aliphatic rings. The lowest BCUT2D eigenvalue weighted by molar-refractivity contribution is 0.102. The van der Waals surface area contributed by atoms with Crippen molar-refractivity contribution in [2.24, 2.45) is 0 Å². The number of likely N-dealkylation sites (N-methyl/N-ethyl adjacent to an activating group) is 1. The van der Waals surface area contributed by atoms with Gasteiger partial charge in [0.25, 0.3) is 5.91 Å². The maximum absolute atomic E-state index is 13.0. The van der Waals surface area contributed by atoms with Gasteiger partial charge in [0.05, 0.1) is 6.61 Å². The lowest BCUT2D eigenvalue weighted by Crippen LogP contribution is -2.44. The van der Waals surface area contributed by atoms with Crippen LogP contribution in [-0.4, -0.2) is 55.6 Å². The molecule has 2 heterocycles. The van der Waals surface area contributed by atoms with Gasteiger partial charge in [-0.25, -0.2) is 0 Å². The highest BCUT2D eigenvalue weighted by molar-refractivity contribution is 6.04. The molecule has 0 spiro atoms. The van der Waals surface area contributed by atoms with Crippen molar-refractivity contribution in [1.29, 1.82) is 0 Å². The minimum atomic E-state index is -0.188. The molecule has 0 bridgehead atoms. The molecule has 1 saturated heterocycles. The largest absolute Gasteiger partial charge is 0.490 e. The summed E-state index contributed by atoms with van der Waals surface area (Å²) in [4.78, 5) is 21.8. The van der Waals surface area contributed by atoms with Crippen LogP contribution in [0.5, 0.6) is 11.5 Å². The van der Waals surface area contributed by atoms with Gasteiger partial charge in [-0.2, -0.15) is 0 Å². The molecule has 178 valence electrons. The second-order valence-electron chi connectivity index (χ2n) is 8.49. The zero-order valence-corrected chi connectivity index (χ0v) is 20.1. The van der Waals surface area contributed by atoms with E-state index < -0.39 is 0 Å². The first-order valence-corrected chi connectivity index (χ1v) is 11.7. The zero-order chi connectivity index (χ0) is 23.9. The summed E-state index contributed by atoms with van der Waals surface area (Å²) < 4.78 is 11.7. The van der Waals surface area contributed by atoms with E-state index in [0.29, 0.717) is 30.3 Å². The Kier molecular flexibility index (Phi) is 7.65. The molecule has 0 radical (unpaired) electrons. The van der Waals surface area contributed by atoms with Crippen molar-refractivity contribution in [2.75, 3.05) is 50.1 Å². The van der Waals surface area contributed by atoms with Crippen molar-refractivity contribution >= 4 is 17.3 Å². The maximum Gasteiger partial charge on any atom is 0.255 e. The first-order chi connectivity index (χ1) is 16.5. The van der Waals surface area contributed by atoms with Crippen LogP contribution in [0.1, 0.15) is 28.4 Å². The quantitative estimate of drug-likeness (QED) is 0.538. The fourth-order valence-corrected chi connectivity index (χ4v) is 4.02. The number of hydrogen-bond acceptors (Lipinski definition) is 6. The van der Waals surface area contributed by atoms with Gasteiger partial charge in [-0.05, 0) is 68.9 Å². The number of pyridine rings is 1. The van der Waals surface area contributed by atoms with Gasteiger partial charge >= 0.3 is 0 Å². The molecule has 1 amide bonds. The summed E-state index contributed by atoms with van der Waals surface area (Å²) >= 11 is 0. The van der Waals surface area contributed by atoms with E-state index in [1.54, 1.807) is 30.6 Å². The van der Waals surface area contributed by atoms with Gasteiger partial charge in [-0.1, -0.05) is 6.07 Å². The summed E-state index contributed by atoms with van der Waals surface area (Å²) in [6.07, 6.45) is 3.49. The van der Waals surface area contributed by atoms with Gasteiger partial charge in [0, 0.05) is 61.1 Å². The number of carbonyl (C=O) groups excluding carboxylic acids is 1. The van der Waals surface area contributed by atoms with Crippen molar-refractivity contribution in [2.45, 2.75) is 20.5 Å². The molecular weight excluding hydrogens is 428 g/mol. The van der Waals surface area contributed by atoms with E-state index in [1.165, 1.54) is 5.69 Å². The third-order valence-electron chi connectivity index (χ3n) is 5.92.